The molecule has 0 bridgehead atoms. The first-order valence-corrected chi connectivity index (χ1v) is 7.29. The quantitative estimate of drug-likeness (QED) is 0.871. The van der Waals surface area contributed by atoms with Crippen LogP contribution >= 0.6 is 0 Å². The van der Waals surface area contributed by atoms with Crippen LogP contribution in [-0.2, 0) is 10.1 Å². The molecule has 104 valence electrons. The van der Waals surface area contributed by atoms with Crippen molar-refractivity contribution in [1.29, 1.82) is 0 Å². The Hall–Kier alpha value is -2.17. The third-order valence-corrected chi connectivity index (χ3v) is 3.38. The largest absolute Gasteiger partial charge is 0.295 e. The van der Waals surface area contributed by atoms with Gasteiger partial charge in [0.1, 0.15) is 4.90 Å². The fourth-order valence-electron chi connectivity index (χ4n) is 1.47. The molecule has 0 aliphatic heterocycles. The summed E-state index contributed by atoms with van der Waals surface area (Å²) in [7, 11) is -4.12. The first kappa shape index (κ1) is 15.9. The molecule has 0 atom stereocenters. The molecule has 20 heavy (non-hydrogen) atoms. The van der Waals surface area contributed by atoms with Crippen LogP contribution in [0.2, 0.25) is 0 Å². The molecular weight excluding hydrogens is 272 g/mol. The molecule has 2 rings (SSSR count). The number of benzene rings is 2. The maximum absolute atomic E-state index is 10.7. The molecule has 0 aliphatic carbocycles. The fraction of sp³-hybridized carbons (Fsp3) is 0. The van der Waals surface area contributed by atoms with Crippen molar-refractivity contribution in [2.24, 2.45) is 0 Å². The maximum Gasteiger partial charge on any atom is 0.295 e. The minimum atomic E-state index is -4.12. The average Bonchev–Trinajstić information content (AvgIpc) is 2.48. The zero-order valence-corrected chi connectivity index (χ0v) is 11.8. The lowest BCUT2D eigenvalue weighted by atomic mass is 10.2. The average molecular weight is 288 g/mol. The fourth-order valence-corrected chi connectivity index (χ4v) is 2.17. The number of rotatable bonds is 3. The maximum atomic E-state index is 10.7. The molecular formula is C16H16O3S. The van der Waals surface area contributed by atoms with Crippen LogP contribution in [0, 0.1) is 0 Å². The van der Waals surface area contributed by atoms with E-state index in [0.717, 1.165) is 0 Å². The van der Waals surface area contributed by atoms with E-state index < -0.39 is 10.1 Å². The van der Waals surface area contributed by atoms with E-state index in [0.29, 0.717) is 5.56 Å². The third kappa shape index (κ3) is 4.84. The van der Waals surface area contributed by atoms with E-state index >= 15 is 0 Å². The molecule has 2 aromatic carbocycles. The van der Waals surface area contributed by atoms with Gasteiger partial charge in [-0.15, -0.1) is 0 Å². The van der Waals surface area contributed by atoms with E-state index in [2.05, 4.69) is 13.2 Å². The van der Waals surface area contributed by atoms with E-state index in [4.69, 9.17) is 4.55 Å². The summed E-state index contributed by atoms with van der Waals surface area (Å²) in [5.74, 6) is 0. The van der Waals surface area contributed by atoms with Crippen LogP contribution in [0.1, 0.15) is 11.1 Å². The second-order valence-corrected chi connectivity index (χ2v) is 5.22. The minimum absolute atomic E-state index is 0.111. The number of hydrogen-bond donors (Lipinski definition) is 1. The summed E-state index contributed by atoms with van der Waals surface area (Å²) < 4.78 is 30.2. The molecule has 1 N–H and O–H groups in total. The summed E-state index contributed by atoms with van der Waals surface area (Å²) in [6.07, 6.45) is 3.21. The lowest BCUT2D eigenvalue weighted by molar-refractivity contribution is 0.483. The van der Waals surface area contributed by atoms with Gasteiger partial charge in [-0.3, -0.25) is 4.55 Å². The molecule has 2 aromatic rings. The van der Waals surface area contributed by atoms with Gasteiger partial charge < -0.3 is 0 Å². The highest BCUT2D eigenvalue weighted by atomic mass is 32.2. The van der Waals surface area contributed by atoms with Crippen LogP contribution in [-0.4, -0.2) is 13.0 Å². The lowest BCUT2D eigenvalue weighted by Gasteiger charge is -2.00. The van der Waals surface area contributed by atoms with Crippen molar-refractivity contribution < 1.29 is 13.0 Å². The Morgan fingerprint density at radius 3 is 1.80 bits per heavy atom. The van der Waals surface area contributed by atoms with Gasteiger partial charge >= 0.3 is 0 Å². The van der Waals surface area contributed by atoms with Gasteiger partial charge in [-0.25, -0.2) is 0 Å². The van der Waals surface area contributed by atoms with Crippen molar-refractivity contribution in [1.82, 2.24) is 0 Å². The van der Waals surface area contributed by atoms with Gasteiger partial charge in [-0.05, 0) is 17.2 Å². The first-order chi connectivity index (χ1) is 9.49. The van der Waals surface area contributed by atoms with Crippen LogP contribution in [0.4, 0.5) is 0 Å². The monoisotopic (exact) mass is 288 g/mol. The highest BCUT2D eigenvalue weighted by molar-refractivity contribution is 7.85. The molecule has 0 unspecified atom stereocenters. The van der Waals surface area contributed by atoms with Gasteiger partial charge in [0.15, 0.2) is 0 Å². The molecule has 4 heteroatoms. The summed E-state index contributed by atoms with van der Waals surface area (Å²) in [5.41, 5.74) is 1.58. The zero-order valence-electron chi connectivity index (χ0n) is 10.9. The third-order valence-electron chi connectivity index (χ3n) is 2.45. The molecule has 0 saturated heterocycles. The van der Waals surface area contributed by atoms with E-state index in [9.17, 15) is 8.42 Å². The van der Waals surface area contributed by atoms with E-state index in [-0.39, 0.29) is 4.90 Å². The van der Waals surface area contributed by atoms with Crippen LogP contribution in [0.15, 0.2) is 72.7 Å². The lowest BCUT2D eigenvalue weighted by Crippen LogP contribution is -1.99. The molecule has 3 nitrogen and oxygen atoms in total. The molecule has 0 aromatic heterocycles. The molecule has 0 spiro atoms. The normalized spacial score (nSPS) is 10.1. The van der Waals surface area contributed by atoms with Crippen molar-refractivity contribution in [3.05, 3.63) is 78.9 Å². The topological polar surface area (TPSA) is 54.4 Å². The van der Waals surface area contributed by atoms with Crippen molar-refractivity contribution in [2.45, 2.75) is 4.90 Å². The molecule has 0 saturated carbocycles. The Labute approximate surface area is 119 Å². The molecule has 0 heterocycles. The standard InChI is InChI=1S/C8H8O3S.C8H8/c1-2-7-5-3-4-6-8(7)12(9,10)11;1-2-8-6-4-3-5-7-8/h2-6H,1H2,(H,9,10,11);2-7H,1H2. The number of hydrogen-bond acceptors (Lipinski definition) is 2. The summed E-state index contributed by atoms with van der Waals surface area (Å²) in [6, 6.07) is 16.1. The second kappa shape index (κ2) is 7.43. The van der Waals surface area contributed by atoms with Gasteiger partial charge in [-0.1, -0.05) is 73.8 Å². The van der Waals surface area contributed by atoms with Crippen LogP contribution in [0.5, 0.6) is 0 Å². The van der Waals surface area contributed by atoms with Crippen molar-refractivity contribution in [3.8, 4) is 0 Å². The van der Waals surface area contributed by atoms with E-state index in [1.54, 1.807) is 12.1 Å². The van der Waals surface area contributed by atoms with Crippen LogP contribution in [0.25, 0.3) is 12.2 Å². The van der Waals surface area contributed by atoms with Gasteiger partial charge in [0, 0.05) is 0 Å². The minimum Gasteiger partial charge on any atom is -0.282 e. The van der Waals surface area contributed by atoms with Crippen LogP contribution < -0.4 is 0 Å². The Morgan fingerprint density at radius 1 is 0.850 bits per heavy atom. The van der Waals surface area contributed by atoms with E-state index in [1.165, 1.54) is 23.8 Å². The first-order valence-electron chi connectivity index (χ1n) is 5.85. The van der Waals surface area contributed by atoms with Gasteiger partial charge in [0.05, 0.1) is 0 Å². The van der Waals surface area contributed by atoms with Crippen LogP contribution in [0.3, 0.4) is 0 Å². The molecule has 0 aliphatic rings. The van der Waals surface area contributed by atoms with Crippen molar-refractivity contribution >= 4 is 22.3 Å². The predicted octanol–water partition coefficient (Wildman–Crippen LogP) is 3.91. The van der Waals surface area contributed by atoms with Crippen molar-refractivity contribution in [3.63, 3.8) is 0 Å². The molecule has 0 fully saturated rings. The SMILES string of the molecule is C=Cc1ccccc1.C=Cc1ccccc1S(=O)(=O)O. The summed E-state index contributed by atoms with van der Waals surface area (Å²) >= 11 is 0. The Bertz CT molecular complexity index is 674. The van der Waals surface area contributed by atoms with Crippen molar-refractivity contribution in [2.75, 3.05) is 0 Å². The summed E-state index contributed by atoms with van der Waals surface area (Å²) in [5, 5.41) is 0. The second-order valence-electron chi connectivity index (χ2n) is 3.83. The van der Waals surface area contributed by atoms with Gasteiger partial charge in [0.2, 0.25) is 0 Å². The Morgan fingerprint density at radius 2 is 1.40 bits per heavy atom. The Kier molecular flexibility index (Phi) is 5.90. The highest BCUT2D eigenvalue weighted by Crippen LogP contribution is 2.15. The molecule has 0 amide bonds. The van der Waals surface area contributed by atoms with Gasteiger partial charge in [-0.2, -0.15) is 8.42 Å². The summed E-state index contributed by atoms with van der Waals surface area (Å²) in [6.45, 7) is 7.06. The highest BCUT2D eigenvalue weighted by Gasteiger charge is 2.11. The van der Waals surface area contributed by atoms with Gasteiger partial charge in [0.25, 0.3) is 10.1 Å². The Balaban J connectivity index is 0.000000217. The summed E-state index contributed by atoms with van der Waals surface area (Å²) in [4.78, 5) is -0.111. The smallest absolute Gasteiger partial charge is 0.282 e. The zero-order chi connectivity index (χ0) is 15.0. The predicted molar refractivity (Wildman–Crippen MR) is 82.9 cm³/mol. The molecule has 0 radical (unpaired) electrons. The van der Waals surface area contributed by atoms with E-state index in [1.807, 2.05) is 36.4 Å².